The second-order valence-corrected chi connectivity index (χ2v) is 8.61. The molecule has 2 heterocycles. The lowest BCUT2D eigenvalue weighted by molar-refractivity contribution is -0.109. The molecule has 0 aromatic heterocycles. The van der Waals surface area contributed by atoms with Gasteiger partial charge in [-0.2, -0.15) is 11.8 Å². The molecule has 1 spiro atoms. The highest BCUT2D eigenvalue weighted by Gasteiger charge is 2.43. The fourth-order valence-corrected chi connectivity index (χ4v) is 6.13. The van der Waals surface area contributed by atoms with E-state index in [1.807, 2.05) is 0 Å². The Bertz CT molecular complexity index is 311. The van der Waals surface area contributed by atoms with Gasteiger partial charge in [-0.25, -0.2) is 0 Å². The zero-order valence-electron chi connectivity index (χ0n) is 13.2. The van der Waals surface area contributed by atoms with E-state index in [9.17, 15) is 0 Å². The van der Waals surface area contributed by atoms with Crippen molar-refractivity contribution in [3.05, 3.63) is 0 Å². The Hall–Kier alpha value is 0.270. The van der Waals surface area contributed by atoms with Gasteiger partial charge < -0.3 is 10.1 Å². The van der Waals surface area contributed by atoms with E-state index in [0.29, 0.717) is 0 Å². The molecule has 4 unspecified atom stereocenters. The molecule has 20 heavy (non-hydrogen) atoms. The van der Waals surface area contributed by atoms with Crippen LogP contribution in [-0.2, 0) is 4.74 Å². The summed E-state index contributed by atoms with van der Waals surface area (Å²) in [6, 6.07) is 0.732. The van der Waals surface area contributed by atoms with Crippen LogP contribution < -0.4 is 5.32 Å². The molecule has 3 heteroatoms. The summed E-state index contributed by atoms with van der Waals surface area (Å²) in [7, 11) is 2.19. The fraction of sp³-hybridized carbons (Fsp3) is 1.00. The van der Waals surface area contributed by atoms with Crippen LogP contribution in [-0.4, -0.2) is 36.8 Å². The molecule has 1 aliphatic carbocycles. The van der Waals surface area contributed by atoms with Gasteiger partial charge in [0.2, 0.25) is 0 Å². The Kier molecular flexibility index (Phi) is 4.99. The monoisotopic (exact) mass is 297 g/mol. The Balaban J connectivity index is 1.65. The van der Waals surface area contributed by atoms with Crippen molar-refractivity contribution < 1.29 is 4.74 Å². The van der Waals surface area contributed by atoms with Crippen molar-refractivity contribution in [2.45, 2.75) is 63.5 Å². The van der Waals surface area contributed by atoms with Gasteiger partial charge in [0, 0.05) is 12.6 Å². The third-order valence-corrected chi connectivity index (χ3v) is 7.01. The van der Waals surface area contributed by atoms with Crippen LogP contribution in [0, 0.1) is 17.8 Å². The lowest BCUT2D eigenvalue weighted by atomic mass is 9.75. The molecule has 4 atom stereocenters. The average molecular weight is 298 g/mol. The maximum atomic E-state index is 6.27. The summed E-state index contributed by atoms with van der Waals surface area (Å²) in [5.41, 5.74) is 0.244. The SMILES string of the molecule is CNC(C1CCC(C)C1)C1CCOC2(CCSCC2)C1. The Morgan fingerprint density at radius 3 is 2.60 bits per heavy atom. The third kappa shape index (κ3) is 3.20. The Labute approximate surface area is 128 Å². The minimum Gasteiger partial charge on any atom is -0.375 e. The van der Waals surface area contributed by atoms with E-state index in [0.717, 1.165) is 30.4 Å². The highest BCUT2D eigenvalue weighted by atomic mass is 32.2. The van der Waals surface area contributed by atoms with Gasteiger partial charge in [0.15, 0.2) is 0 Å². The number of ether oxygens (including phenoxy) is 1. The van der Waals surface area contributed by atoms with E-state index in [1.165, 1.54) is 56.5 Å². The fourth-order valence-electron chi connectivity index (χ4n) is 4.90. The third-order valence-electron chi connectivity index (χ3n) is 6.02. The van der Waals surface area contributed by atoms with Crippen LogP contribution in [0.2, 0.25) is 0 Å². The smallest absolute Gasteiger partial charge is 0.0701 e. The van der Waals surface area contributed by atoms with Gasteiger partial charge in [-0.1, -0.05) is 13.3 Å². The van der Waals surface area contributed by atoms with Crippen LogP contribution >= 0.6 is 11.8 Å². The quantitative estimate of drug-likeness (QED) is 0.858. The second kappa shape index (κ2) is 6.58. The van der Waals surface area contributed by atoms with Gasteiger partial charge in [0.1, 0.15) is 0 Å². The van der Waals surface area contributed by atoms with E-state index in [1.54, 1.807) is 0 Å². The summed E-state index contributed by atoms with van der Waals surface area (Å²) in [6.45, 7) is 3.42. The van der Waals surface area contributed by atoms with Crippen molar-refractivity contribution >= 4 is 11.8 Å². The number of thioether (sulfide) groups is 1. The normalized spacial score (nSPS) is 39.0. The summed E-state index contributed by atoms with van der Waals surface area (Å²) in [5.74, 6) is 5.30. The molecule has 0 radical (unpaired) electrons. The first-order valence-electron chi connectivity index (χ1n) is 8.61. The van der Waals surface area contributed by atoms with Crippen molar-refractivity contribution in [2.75, 3.05) is 25.2 Å². The van der Waals surface area contributed by atoms with E-state index >= 15 is 0 Å². The molecule has 3 aliphatic rings. The summed E-state index contributed by atoms with van der Waals surface area (Å²) < 4.78 is 6.27. The molecule has 2 saturated heterocycles. The van der Waals surface area contributed by atoms with Gasteiger partial charge in [0.25, 0.3) is 0 Å². The standard InChI is InChI=1S/C17H31NOS/c1-13-3-4-14(11-13)16(18-2)15-5-8-19-17(12-15)6-9-20-10-7-17/h13-16,18H,3-12H2,1-2H3. The number of rotatable bonds is 3. The molecule has 1 N–H and O–H groups in total. The Morgan fingerprint density at radius 1 is 1.15 bits per heavy atom. The van der Waals surface area contributed by atoms with Crippen molar-refractivity contribution in [3.8, 4) is 0 Å². The van der Waals surface area contributed by atoms with Crippen LogP contribution in [0.15, 0.2) is 0 Å². The number of nitrogens with one attached hydrogen (secondary N) is 1. The summed E-state index contributed by atoms with van der Waals surface area (Å²) in [6.07, 6.45) is 9.46. The minimum absolute atomic E-state index is 0.244. The first-order chi connectivity index (χ1) is 9.72. The van der Waals surface area contributed by atoms with E-state index in [4.69, 9.17) is 4.74 Å². The molecule has 0 bridgehead atoms. The molecule has 1 saturated carbocycles. The van der Waals surface area contributed by atoms with Crippen LogP contribution in [0.4, 0.5) is 0 Å². The first kappa shape index (κ1) is 15.2. The first-order valence-corrected chi connectivity index (χ1v) is 9.77. The summed E-state index contributed by atoms with van der Waals surface area (Å²) >= 11 is 2.11. The maximum absolute atomic E-state index is 6.27. The Morgan fingerprint density at radius 2 is 1.95 bits per heavy atom. The van der Waals surface area contributed by atoms with Gasteiger partial charge in [-0.05, 0) is 74.8 Å². The molecule has 0 aromatic rings. The van der Waals surface area contributed by atoms with Gasteiger partial charge in [0.05, 0.1) is 5.60 Å². The maximum Gasteiger partial charge on any atom is 0.0701 e. The van der Waals surface area contributed by atoms with Crippen LogP contribution in [0.3, 0.4) is 0 Å². The van der Waals surface area contributed by atoms with E-state index in [-0.39, 0.29) is 5.60 Å². The minimum atomic E-state index is 0.244. The molecule has 3 rings (SSSR count). The molecule has 0 amide bonds. The van der Waals surface area contributed by atoms with Crippen LogP contribution in [0.5, 0.6) is 0 Å². The topological polar surface area (TPSA) is 21.3 Å². The van der Waals surface area contributed by atoms with Crippen LogP contribution in [0.1, 0.15) is 51.9 Å². The molecular weight excluding hydrogens is 266 g/mol. The lowest BCUT2D eigenvalue weighted by Crippen LogP contribution is -2.49. The van der Waals surface area contributed by atoms with Gasteiger partial charge in [-0.3, -0.25) is 0 Å². The van der Waals surface area contributed by atoms with E-state index in [2.05, 4.69) is 31.1 Å². The van der Waals surface area contributed by atoms with Crippen molar-refractivity contribution in [1.29, 1.82) is 0 Å². The lowest BCUT2D eigenvalue weighted by Gasteiger charge is -2.46. The predicted molar refractivity (Wildman–Crippen MR) is 87.3 cm³/mol. The highest BCUT2D eigenvalue weighted by Crippen LogP contribution is 2.44. The number of hydrogen-bond acceptors (Lipinski definition) is 3. The summed E-state index contributed by atoms with van der Waals surface area (Å²) in [4.78, 5) is 0. The number of hydrogen-bond donors (Lipinski definition) is 1. The molecular formula is C17H31NOS. The zero-order valence-corrected chi connectivity index (χ0v) is 14.0. The second-order valence-electron chi connectivity index (χ2n) is 7.39. The van der Waals surface area contributed by atoms with Gasteiger partial charge in [-0.15, -0.1) is 0 Å². The average Bonchev–Trinajstić information content (AvgIpc) is 2.87. The molecule has 116 valence electrons. The largest absolute Gasteiger partial charge is 0.375 e. The van der Waals surface area contributed by atoms with Gasteiger partial charge >= 0.3 is 0 Å². The molecule has 2 aliphatic heterocycles. The van der Waals surface area contributed by atoms with Crippen molar-refractivity contribution in [3.63, 3.8) is 0 Å². The highest BCUT2D eigenvalue weighted by molar-refractivity contribution is 7.99. The molecule has 2 nitrogen and oxygen atoms in total. The van der Waals surface area contributed by atoms with Crippen molar-refractivity contribution in [2.24, 2.45) is 17.8 Å². The summed E-state index contributed by atoms with van der Waals surface area (Å²) in [5, 5.41) is 3.70. The zero-order chi connectivity index (χ0) is 14.0. The molecule has 3 fully saturated rings. The molecule has 0 aromatic carbocycles. The van der Waals surface area contributed by atoms with Crippen molar-refractivity contribution in [1.82, 2.24) is 5.32 Å². The van der Waals surface area contributed by atoms with E-state index < -0.39 is 0 Å². The predicted octanol–water partition coefficient (Wildman–Crippen LogP) is 3.70. The van der Waals surface area contributed by atoms with Crippen LogP contribution in [0.25, 0.3) is 0 Å².